The molecule has 1 aliphatic carbocycles. The minimum atomic E-state index is -0.519. The molecule has 0 N–H and O–H groups in total. The Morgan fingerprint density at radius 2 is 1.00 bits per heavy atom. The van der Waals surface area contributed by atoms with Gasteiger partial charge in [-0.25, -0.2) is 0 Å². The molecule has 7 aromatic carbocycles. The fraction of sp³-hybridized carbons (Fsp3) is 0.0233. The fourth-order valence-corrected chi connectivity index (χ4v) is 8.72. The molecule has 0 fully saturated rings. The summed E-state index contributed by atoms with van der Waals surface area (Å²) in [7, 11) is 0. The topological polar surface area (TPSA) is 21.7 Å². The zero-order valence-corrected chi connectivity index (χ0v) is 26.1. The van der Waals surface area contributed by atoms with Crippen molar-refractivity contribution in [2.75, 3.05) is 4.90 Å². The lowest BCUT2D eigenvalue weighted by atomic mass is 9.67. The molecule has 0 aromatic heterocycles. The van der Waals surface area contributed by atoms with E-state index in [0.29, 0.717) is 17.2 Å². The van der Waals surface area contributed by atoms with E-state index in [9.17, 15) is 0 Å². The van der Waals surface area contributed by atoms with Crippen molar-refractivity contribution in [1.29, 1.82) is 0 Å². The van der Waals surface area contributed by atoms with Gasteiger partial charge in [0.05, 0.1) is 22.5 Å². The van der Waals surface area contributed by atoms with E-state index in [-0.39, 0.29) is 0 Å². The SMILES string of the molecule is c1ccc(C2(c3ccccc3)c3ccccc3-c3cc4c(cc32)Oc2c(cccc2N2c3ccccc3Sc3ccccc32)O4)cc1. The number of benzene rings is 7. The summed E-state index contributed by atoms with van der Waals surface area (Å²) in [4.78, 5) is 4.70. The molecule has 222 valence electrons. The minimum Gasteiger partial charge on any atom is -0.449 e. The minimum absolute atomic E-state index is 0.519. The first-order valence-corrected chi connectivity index (χ1v) is 16.7. The molecule has 3 nitrogen and oxygen atoms in total. The zero-order chi connectivity index (χ0) is 31.0. The second-order valence-corrected chi connectivity index (χ2v) is 13.1. The number of ether oxygens (including phenoxy) is 2. The first-order valence-electron chi connectivity index (χ1n) is 15.8. The number of para-hydroxylation sites is 3. The summed E-state index contributed by atoms with van der Waals surface area (Å²) in [5.74, 6) is 2.83. The Bertz CT molecular complexity index is 2270. The molecular weight excluding hydrogens is 595 g/mol. The average Bonchev–Trinajstić information content (AvgIpc) is 3.42. The summed E-state index contributed by atoms with van der Waals surface area (Å²) in [5.41, 5.74) is 9.90. The second-order valence-electron chi connectivity index (χ2n) is 12.1. The molecule has 4 heteroatoms. The molecule has 3 aliphatic rings. The third kappa shape index (κ3) is 3.76. The van der Waals surface area contributed by atoms with E-state index in [4.69, 9.17) is 9.47 Å². The van der Waals surface area contributed by atoms with Crippen molar-refractivity contribution in [2.24, 2.45) is 0 Å². The van der Waals surface area contributed by atoms with Crippen molar-refractivity contribution >= 4 is 28.8 Å². The molecule has 0 bridgehead atoms. The number of rotatable bonds is 3. The predicted molar refractivity (Wildman–Crippen MR) is 189 cm³/mol. The summed E-state index contributed by atoms with van der Waals surface area (Å²) in [5, 5.41) is 0. The van der Waals surface area contributed by atoms with Crippen LogP contribution in [0, 0.1) is 0 Å². The van der Waals surface area contributed by atoms with Crippen LogP contribution < -0.4 is 14.4 Å². The lowest BCUT2D eigenvalue weighted by molar-refractivity contribution is 0.360. The monoisotopic (exact) mass is 621 g/mol. The standard InChI is InChI=1S/C43H27NO2S/c1-3-14-28(15-4-1)43(29-16-5-2-6-17-29)32-19-8-7-18-30(32)31-26-38-39(27-33(31)43)46-42-36(22-13-23-37(42)45-38)44-34-20-9-11-24-40(34)47-41-25-12-10-21-35(41)44/h1-27H. The highest BCUT2D eigenvalue weighted by molar-refractivity contribution is 7.99. The Kier molecular flexibility index (Phi) is 5.72. The number of fused-ring (bicyclic) bond motifs is 7. The molecular formula is C43H27NO2S. The second kappa shape index (κ2) is 10.1. The van der Waals surface area contributed by atoms with Gasteiger partial charge in [-0.1, -0.05) is 127 Å². The lowest BCUT2D eigenvalue weighted by Gasteiger charge is -2.36. The van der Waals surface area contributed by atoms with Gasteiger partial charge in [-0.15, -0.1) is 0 Å². The number of anilines is 3. The maximum atomic E-state index is 7.01. The largest absolute Gasteiger partial charge is 0.449 e. The van der Waals surface area contributed by atoms with Crippen LogP contribution in [-0.2, 0) is 5.41 Å². The lowest BCUT2D eigenvalue weighted by Crippen LogP contribution is -2.28. The molecule has 7 aromatic rings. The third-order valence-electron chi connectivity index (χ3n) is 9.59. The van der Waals surface area contributed by atoms with Crippen LogP contribution in [0.25, 0.3) is 11.1 Å². The van der Waals surface area contributed by atoms with Crippen LogP contribution in [-0.4, -0.2) is 0 Å². The van der Waals surface area contributed by atoms with E-state index < -0.39 is 5.41 Å². The Hall–Kier alpha value is -5.71. The van der Waals surface area contributed by atoms with Crippen LogP contribution in [0.4, 0.5) is 17.1 Å². The van der Waals surface area contributed by atoms with E-state index in [1.165, 1.54) is 37.6 Å². The van der Waals surface area contributed by atoms with Gasteiger partial charge in [-0.3, -0.25) is 0 Å². The van der Waals surface area contributed by atoms with E-state index in [0.717, 1.165) is 28.4 Å². The van der Waals surface area contributed by atoms with Gasteiger partial charge in [0.2, 0.25) is 0 Å². The summed E-state index contributed by atoms with van der Waals surface area (Å²) >= 11 is 1.80. The van der Waals surface area contributed by atoms with Gasteiger partial charge in [0, 0.05) is 9.79 Å². The molecule has 0 unspecified atom stereocenters. The number of hydrogen-bond donors (Lipinski definition) is 0. The van der Waals surface area contributed by atoms with E-state index in [2.05, 4.69) is 157 Å². The molecule has 0 radical (unpaired) electrons. The van der Waals surface area contributed by atoms with Crippen molar-refractivity contribution in [3.8, 4) is 34.1 Å². The Labute approximate surface area is 277 Å². The normalized spacial score (nSPS) is 14.3. The molecule has 10 rings (SSSR count). The summed E-state index contributed by atoms with van der Waals surface area (Å²) in [6, 6.07) is 58.1. The van der Waals surface area contributed by atoms with Crippen molar-refractivity contribution in [2.45, 2.75) is 15.2 Å². The maximum Gasteiger partial charge on any atom is 0.194 e. The van der Waals surface area contributed by atoms with Crippen LogP contribution >= 0.6 is 11.8 Å². The van der Waals surface area contributed by atoms with Crippen molar-refractivity contribution in [3.63, 3.8) is 0 Å². The Morgan fingerprint density at radius 1 is 0.426 bits per heavy atom. The summed E-state index contributed by atoms with van der Waals surface area (Å²) in [6.45, 7) is 0. The Morgan fingerprint density at radius 3 is 1.70 bits per heavy atom. The first kappa shape index (κ1) is 26.5. The third-order valence-corrected chi connectivity index (χ3v) is 10.7. The highest BCUT2D eigenvalue weighted by Gasteiger charge is 2.47. The summed E-state index contributed by atoms with van der Waals surface area (Å²) < 4.78 is 13.8. The average molecular weight is 622 g/mol. The number of hydrogen-bond acceptors (Lipinski definition) is 4. The molecule has 0 atom stereocenters. The Balaban J connectivity index is 1.19. The molecule has 47 heavy (non-hydrogen) atoms. The highest BCUT2D eigenvalue weighted by Crippen LogP contribution is 2.61. The van der Waals surface area contributed by atoms with Gasteiger partial charge in [-0.05, 0) is 81.9 Å². The molecule has 2 aliphatic heterocycles. The molecule has 0 saturated carbocycles. The molecule has 2 heterocycles. The van der Waals surface area contributed by atoms with Crippen LogP contribution in [0.3, 0.4) is 0 Å². The van der Waals surface area contributed by atoms with Crippen LogP contribution in [0.1, 0.15) is 22.3 Å². The zero-order valence-electron chi connectivity index (χ0n) is 25.3. The van der Waals surface area contributed by atoms with E-state index in [1.807, 2.05) is 12.1 Å². The molecule has 0 spiro atoms. The quantitative estimate of drug-likeness (QED) is 0.196. The summed E-state index contributed by atoms with van der Waals surface area (Å²) in [6.07, 6.45) is 0. The first-order chi connectivity index (χ1) is 23.3. The van der Waals surface area contributed by atoms with Gasteiger partial charge < -0.3 is 14.4 Å². The van der Waals surface area contributed by atoms with Gasteiger partial charge >= 0.3 is 0 Å². The smallest absolute Gasteiger partial charge is 0.194 e. The van der Waals surface area contributed by atoms with Crippen LogP contribution in [0.2, 0.25) is 0 Å². The van der Waals surface area contributed by atoms with E-state index in [1.54, 1.807) is 11.8 Å². The fourth-order valence-electron chi connectivity index (χ4n) is 7.66. The molecule has 0 saturated heterocycles. The van der Waals surface area contributed by atoms with Gasteiger partial charge in [0.15, 0.2) is 23.0 Å². The van der Waals surface area contributed by atoms with Gasteiger partial charge in [0.1, 0.15) is 0 Å². The van der Waals surface area contributed by atoms with Crippen LogP contribution in [0.15, 0.2) is 174 Å². The maximum absolute atomic E-state index is 7.01. The van der Waals surface area contributed by atoms with Gasteiger partial charge in [-0.2, -0.15) is 0 Å². The van der Waals surface area contributed by atoms with Crippen molar-refractivity contribution < 1.29 is 9.47 Å². The number of nitrogens with zero attached hydrogens (tertiary/aromatic N) is 1. The van der Waals surface area contributed by atoms with E-state index >= 15 is 0 Å². The van der Waals surface area contributed by atoms with Gasteiger partial charge in [0.25, 0.3) is 0 Å². The van der Waals surface area contributed by atoms with Crippen molar-refractivity contribution in [3.05, 3.63) is 186 Å². The highest BCUT2D eigenvalue weighted by atomic mass is 32.2. The predicted octanol–water partition coefficient (Wildman–Crippen LogP) is 11.9. The molecule has 0 amide bonds. The van der Waals surface area contributed by atoms with Crippen LogP contribution in [0.5, 0.6) is 23.0 Å². The van der Waals surface area contributed by atoms with Crippen molar-refractivity contribution in [1.82, 2.24) is 0 Å².